The topological polar surface area (TPSA) is 101 Å². The van der Waals surface area contributed by atoms with Gasteiger partial charge in [0.2, 0.25) is 5.95 Å². The van der Waals surface area contributed by atoms with Gasteiger partial charge in [0.05, 0.1) is 14.2 Å². The zero-order chi connectivity index (χ0) is 20.6. The van der Waals surface area contributed by atoms with Gasteiger partial charge >= 0.3 is 6.03 Å². The number of nitrogens with zero attached hydrogens (tertiary/aromatic N) is 3. The number of aryl methyl sites for hydroxylation is 1. The second-order valence-electron chi connectivity index (χ2n) is 6.79. The maximum absolute atomic E-state index is 12.1. The molecule has 9 heteroatoms. The van der Waals surface area contributed by atoms with Crippen LogP contribution in [0.4, 0.5) is 22.2 Å². The number of rotatable bonds is 8. The molecule has 2 aromatic rings. The van der Waals surface area contributed by atoms with Crippen molar-refractivity contribution < 1.29 is 14.3 Å². The molecule has 1 aromatic carbocycles. The third-order valence-corrected chi connectivity index (χ3v) is 4.57. The van der Waals surface area contributed by atoms with Crippen LogP contribution in [-0.2, 0) is 0 Å². The summed E-state index contributed by atoms with van der Waals surface area (Å²) in [6, 6.07) is 6.88. The number of hydrogen-bond donors (Lipinski definition) is 3. The summed E-state index contributed by atoms with van der Waals surface area (Å²) in [7, 11) is 3.12. The molecule has 3 N–H and O–H groups in total. The van der Waals surface area contributed by atoms with Crippen LogP contribution < -0.4 is 30.3 Å². The van der Waals surface area contributed by atoms with Crippen LogP contribution in [0.2, 0.25) is 0 Å². The van der Waals surface area contributed by atoms with Gasteiger partial charge in [0.15, 0.2) is 0 Å². The van der Waals surface area contributed by atoms with Crippen LogP contribution in [0.3, 0.4) is 0 Å². The van der Waals surface area contributed by atoms with Gasteiger partial charge in [-0.2, -0.15) is 4.98 Å². The highest BCUT2D eigenvalue weighted by Crippen LogP contribution is 2.25. The molecule has 2 heterocycles. The van der Waals surface area contributed by atoms with Crippen molar-refractivity contribution in [3.8, 4) is 11.5 Å². The second-order valence-corrected chi connectivity index (χ2v) is 6.79. The molecule has 3 rings (SSSR count). The molecule has 0 aliphatic carbocycles. The van der Waals surface area contributed by atoms with E-state index in [0.717, 1.165) is 24.6 Å². The van der Waals surface area contributed by atoms with E-state index in [2.05, 4.69) is 30.8 Å². The van der Waals surface area contributed by atoms with Gasteiger partial charge < -0.3 is 30.3 Å². The third kappa shape index (κ3) is 5.87. The second kappa shape index (κ2) is 9.81. The van der Waals surface area contributed by atoms with Crippen molar-refractivity contribution in [1.29, 1.82) is 0 Å². The van der Waals surface area contributed by atoms with Crippen LogP contribution in [0.15, 0.2) is 24.3 Å². The zero-order valence-corrected chi connectivity index (χ0v) is 17.1. The zero-order valence-electron chi connectivity index (χ0n) is 17.1. The number of methoxy groups -OCH3 is 2. The van der Waals surface area contributed by atoms with Crippen LogP contribution in [-0.4, -0.2) is 56.4 Å². The lowest BCUT2D eigenvalue weighted by Crippen LogP contribution is -2.33. The van der Waals surface area contributed by atoms with E-state index in [1.165, 1.54) is 12.8 Å². The molecular formula is C20H28N6O3. The van der Waals surface area contributed by atoms with Crippen molar-refractivity contribution in [3.05, 3.63) is 30.0 Å². The Morgan fingerprint density at radius 1 is 1.03 bits per heavy atom. The molecule has 0 bridgehead atoms. The van der Waals surface area contributed by atoms with Crippen molar-refractivity contribution in [2.24, 2.45) is 0 Å². The average Bonchev–Trinajstić information content (AvgIpc) is 3.25. The van der Waals surface area contributed by atoms with E-state index in [-0.39, 0.29) is 6.03 Å². The maximum Gasteiger partial charge on any atom is 0.319 e. The molecule has 29 heavy (non-hydrogen) atoms. The number of carbonyl (C=O) groups excluding carboxylic acids is 1. The van der Waals surface area contributed by atoms with Crippen LogP contribution in [0.5, 0.6) is 11.5 Å². The number of anilines is 3. The van der Waals surface area contributed by atoms with E-state index < -0.39 is 0 Å². The molecule has 0 unspecified atom stereocenters. The molecule has 1 aromatic heterocycles. The molecule has 1 fully saturated rings. The predicted molar refractivity (Wildman–Crippen MR) is 113 cm³/mol. The lowest BCUT2D eigenvalue weighted by Gasteiger charge is -2.17. The SMILES string of the molecule is COc1cc(NC(=O)NCCNc2nc(C)cc(N3CCCC3)n2)cc(OC)c1. The summed E-state index contributed by atoms with van der Waals surface area (Å²) in [5, 5.41) is 8.74. The highest BCUT2D eigenvalue weighted by molar-refractivity contribution is 5.89. The van der Waals surface area contributed by atoms with Gasteiger partial charge in [0.1, 0.15) is 17.3 Å². The van der Waals surface area contributed by atoms with Crippen LogP contribution in [0.25, 0.3) is 0 Å². The fourth-order valence-corrected chi connectivity index (χ4v) is 3.14. The first-order valence-electron chi connectivity index (χ1n) is 9.70. The molecule has 2 amide bonds. The van der Waals surface area contributed by atoms with Gasteiger partial charge in [-0.15, -0.1) is 0 Å². The van der Waals surface area contributed by atoms with Gasteiger partial charge in [-0.05, 0) is 19.8 Å². The summed E-state index contributed by atoms with van der Waals surface area (Å²) in [5.74, 6) is 2.74. The molecular weight excluding hydrogens is 372 g/mol. The first-order valence-corrected chi connectivity index (χ1v) is 9.70. The Labute approximate surface area is 170 Å². The minimum Gasteiger partial charge on any atom is -0.497 e. The predicted octanol–water partition coefficient (Wildman–Crippen LogP) is 2.64. The van der Waals surface area contributed by atoms with Gasteiger partial charge in [0.25, 0.3) is 0 Å². The van der Waals surface area contributed by atoms with E-state index in [1.807, 2.05) is 13.0 Å². The monoisotopic (exact) mass is 400 g/mol. The van der Waals surface area contributed by atoms with Gasteiger partial charge in [-0.3, -0.25) is 0 Å². The summed E-state index contributed by atoms with van der Waals surface area (Å²) in [4.78, 5) is 23.4. The number of urea groups is 1. The Balaban J connectivity index is 1.47. The first kappa shape index (κ1) is 20.5. The van der Waals surface area contributed by atoms with Crippen LogP contribution in [0.1, 0.15) is 18.5 Å². The Kier molecular flexibility index (Phi) is 6.94. The first-order chi connectivity index (χ1) is 14.1. The van der Waals surface area contributed by atoms with Crippen molar-refractivity contribution in [3.63, 3.8) is 0 Å². The summed E-state index contributed by atoms with van der Waals surface area (Å²) >= 11 is 0. The maximum atomic E-state index is 12.1. The quantitative estimate of drug-likeness (QED) is 0.586. The standard InChI is InChI=1S/C20H28N6O3/c1-14-10-18(26-8-4-5-9-26)25-19(23-14)21-6-7-22-20(27)24-15-11-16(28-2)13-17(12-15)29-3/h10-13H,4-9H2,1-3H3,(H,21,23,25)(H2,22,24,27). The number of amides is 2. The molecule has 9 nitrogen and oxygen atoms in total. The number of hydrogen-bond acceptors (Lipinski definition) is 7. The number of carbonyl (C=O) groups is 1. The highest BCUT2D eigenvalue weighted by atomic mass is 16.5. The average molecular weight is 400 g/mol. The van der Waals surface area contributed by atoms with Gasteiger partial charge in [0, 0.05) is 61.8 Å². The summed E-state index contributed by atoms with van der Waals surface area (Å²) in [6.07, 6.45) is 2.40. The van der Waals surface area contributed by atoms with E-state index in [9.17, 15) is 4.79 Å². The van der Waals surface area contributed by atoms with E-state index in [1.54, 1.807) is 32.4 Å². The lowest BCUT2D eigenvalue weighted by atomic mass is 10.3. The largest absolute Gasteiger partial charge is 0.497 e. The molecule has 1 aliphatic rings. The van der Waals surface area contributed by atoms with Crippen LogP contribution in [0, 0.1) is 6.92 Å². The number of ether oxygens (including phenoxy) is 2. The van der Waals surface area contributed by atoms with Crippen molar-refractivity contribution in [1.82, 2.24) is 15.3 Å². The van der Waals surface area contributed by atoms with Crippen molar-refractivity contribution >= 4 is 23.5 Å². The number of aromatic nitrogens is 2. The third-order valence-electron chi connectivity index (χ3n) is 4.57. The Morgan fingerprint density at radius 2 is 1.72 bits per heavy atom. The highest BCUT2D eigenvalue weighted by Gasteiger charge is 2.15. The summed E-state index contributed by atoms with van der Waals surface area (Å²) in [6.45, 7) is 4.96. The van der Waals surface area contributed by atoms with Crippen molar-refractivity contribution in [2.75, 3.05) is 55.9 Å². The minimum atomic E-state index is -0.315. The lowest BCUT2D eigenvalue weighted by molar-refractivity contribution is 0.252. The normalized spacial score (nSPS) is 13.1. The Morgan fingerprint density at radius 3 is 2.38 bits per heavy atom. The Hall–Kier alpha value is -3.23. The Bertz CT molecular complexity index is 817. The smallest absolute Gasteiger partial charge is 0.319 e. The molecule has 0 atom stereocenters. The number of nitrogens with one attached hydrogen (secondary N) is 3. The molecule has 156 valence electrons. The molecule has 0 spiro atoms. The van der Waals surface area contributed by atoms with Crippen LogP contribution >= 0.6 is 0 Å². The fourth-order valence-electron chi connectivity index (χ4n) is 3.14. The van der Waals surface area contributed by atoms with E-state index >= 15 is 0 Å². The van der Waals surface area contributed by atoms with Gasteiger partial charge in [-0.1, -0.05) is 0 Å². The fraction of sp³-hybridized carbons (Fsp3) is 0.450. The van der Waals surface area contributed by atoms with E-state index in [4.69, 9.17) is 9.47 Å². The molecule has 1 saturated heterocycles. The number of benzene rings is 1. The summed E-state index contributed by atoms with van der Waals surface area (Å²) < 4.78 is 10.4. The molecule has 1 aliphatic heterocycles. The molecule has 0 saturated carbocycles. The minimum absolute atomic E-state index is 0.315. The summed E-state index contributed by atoms with van der Waals surface area (Å²) in [5.41, 5.74) is 1.51. The van der Waals surface area contributed by atoms with Gasteiger partial charge in [-0.25, -0.2) is 9.78 Å². The van der Waals surface area contributed by atoms with Crippen molar-refractivity contribution in [2.45, 2.75) is 19.8 Å². The van der Waals surface area contributed by atoms with E-state index in [0.29, 0.717) is 36.2 Å². The molecule has 0 radical (unpaired) electrons.